The zero-order valence-corrected chi connectivity index (χ0v) is 15.3. The van der Waals surface area contributed by atoms with E-state index >= 15 is 0 Å². The van der Waals surface area contributed by atoms with Crippen molar-refractivity contribution in [2.24, 2.45) is 11.7 Å². The molecule has 0 aliphatic carbocycles. The third kappa shape index (κ3) is 12.1. The first-order valence-electron chi connectivity index (χ1n) is 9.19. The van der Waals surface area contributed by atoms with Gasteiger partial charge in [0.15, 0.2) is 0 Å². The van der Waals surface area contributed by atoms with Crippen molar-refractivity contribution in [3.63, 3.8) is 0 Å². The van der Waals surface area contributed by atoms with Gasteiger partial charge in [0.2, 0.25) is 0 Å². The molecule has 5 nitrogen and oxygen atoms in total. The van der Waals surface area contributed by atoms with E-state index in [9.17, 15) is 9.59 Å². The predicted molar refractivity (Wildman–Crippen MR) is 96.7 cm³/mol. The number of carboxylic acid groups (broad SMARTS) is 1. The molecular formula is C19H35NO4. The standard InChI is InChI=1S/C19H35NO4/c1-4-6-8-9-10-12-16(11-7-5-2)24-18(21)14-15(3)13-17(20)19(22)23/h5,15-17H,2,4,6-14,20H2,1,3H3,(H,22,23)/t15?,16?,17-/m0/s1. The van der Waals surface area contributed by atoms with Gasteiger partial charge in [0, 0.05) is 6.42 Å². The first-order valence-corrected chi connectivity index (χ1v) is 9.19. The van der Waals surface area contributed by atoms with E-state index in [0.29, 0.717) is 0 Å². The molecule has 0 aromatic heterocycles. The summed E-state index contributed by atoms with van der Waals surface area (Å²) in [5.41, 5.74) is 5.50. The minimum absolute atomic E-state index is 0.0718. The maximum Gasteiger partial charge on any atom is 0.320 e. The van der Waals surface area contributed by atoms with Gasteiger partial charge in [-0.1, -0.05) is 45.6 Å². The van der Waals surface area contributed by atoms with Crippen molar-refractivity contribution in [2.45, 2.75) is 90.2 Å². The normalized spacial score (nSPS) is 14.6. The summed E-state index contributed by atoms with van der Waals surface area (Å²) >= 11 is 0. The average molecular weight is 341 g/mol. The van der Waals surface area contributed by atoms with Crippen LogP contribution in [0, 0.1) is 5.92 Å². The first-order chi connectivity index (χ1) is 11.4. The molecule has 0 rings (SSSR count). The molecule has 140 valence electrons. The molecule has 0 aliphatic heterocycles. The molecule has 0 fully saturated rings. The Bertz CT molecular complexity index is 370. The van der Waals surface area contributed by atoms with Gasteiger partial charge in [-0.15, -0.1) is 6.58 Å². The summed E-state index contributed by atoms with van der Waals surface area (Å²) in [4.78, 5) is 22.8. The topological polar surface area (TPSA) is 89.6 Å². The van der Waals surface area contributed by atoms with E-state index in [1.54, 1.807) is 0 Å². The molecule has 0 saturated carbocycles. The summed E-state index contributed by atoms with van der Waals surface area (Å²) in [6.45, 7) is 7.73. The minimum Gasteiger partial charge on any atom is -0.480 e. The Hall–Kier alpha value is -1.36. The number of rotatable bonds is 15. The summed E-state index contributed by atoms with van der Waals surface area (Å²) in [5.74, 6) is -1.40. The Morgan fingerprint density at radius 2 is 1.88 bits per heavy atom. The molecule has 3 N–H and O–H groups in total. The Morgan fingerprint density at radius 3 is 2.46 bits per heavy atom. The smallest absolute Gasteiger partial charge is 0.320 e. The molecule has 0 spiro atoms. The summed E-state index contributed by atoms with van der Waals surface area (Å²) in [5, 5.41) is 8.82. The van der Waals surface area contributed by atoms with Gasteiger partial charge in [-0.05, 0) is 38.0 Å². The van der Waals surface area contributed by atoms with Crippen molar-refractivity contribution < 1.29 is 19.4 Å². The van der Waals surface area contributed by atoms with Gasteiger partial charge in [0.25, 0.3) is 0 Å². The zero-order chi connectivity index (χ0) is 18.4. The number of aliphatic carboxylic acids is 1. The van der Waals surface area contributed by atoms with Crippen LogP contribution >= 0.6 is 0 Å². The monoisotopic (exact) mass is 341 g/mol. The maximum atomic E-state index is 12.1. The van der Waals surface area contributed by atoms with Crippen LogP contribution in [0.1, 0.15) is 78.1 Å². The largest absolute Gasteiger partial charge is 0.480 e. The molecule has 2 unspecified atom stereocenters. The number of carbonyl (C=O) groups excluding carboxylic acids is 1. The number of nitrogens with two attached hydrogens (primary N) is 1. The Kier molecular flexibility index (Phi) is 13.2. The van der Waals surface area contributed by atoms with Crippen LogP contribution in [-0.4, -0.2) is 29.2 Å². The van der Waals surface area contributed by atoms with Gasteiger partial charge in [0.1, 0.15) is 12.1 Å². The van der Waals surface area contributed by atoms with E-state index in [1.165, 1.54) is 25.7 Å². The van der Waals surface area contributed by atoms with Crippen molar-refractivity contribution in [1.29, 1.82) is 0 Å². The van der Waals surface area contributed by atoms with E-state index in [4.69, 9.17) is 15.6 Å². The minimum atomic E-state index is -1.04. The summed E-state index contributed by atoms with van der Waals surface area (Å²) in [6.07, 6.45) is 10.7. The highest BCUT2D eigenvalue weighted by Crippen LogP contribution is 2.17. The number of hydrogen-bond donors (Lipinski definition) is 2. The van der Waals surface area contributed by atoms with Crippen LogP contribution < -0.4 is 5.73 Å². The lowest BCUT2D eigenvalue weighted by Crippen LogP contribution is -2.32. The highest BCUT2D eigenvalue weighted by molar-refractivity contribution is 5.73. The lowest BCUT2D eigenvalue weighted by atomic mass is 9.99. The van der Waals surface area contributed by atoms with Crippen molar-refractivity contribution in [3.05, 3.63) is 12.7 Å². The van der Waals surface area contributed by atoms with Crippen molar-refractivity contribution in [1.82, 2.24) is 0 Å². The van der Waals surface area contributed by atoms with Gasteiger partial charge in [-0.25, -0.2) is 0 Å². The van der Waals surface area contributed by atoms with Crippen LogP contribution in [0.5, 0.6) is 0 Å². The Labute approximate surface area is 146 Å². The second-order valence-electron chi connectivity index (χ2n) is 6.67. The van der Waals surface area contributed by atoms with E-state index in [1.807, 2.05) is 13.0 Å². The summed E-state index contributed by atoms with van der Waals surface area (Å²) in [6, 6.07) is -0.928. The van der Waals surface area contributed by atoms with Crippen LogP contribution in [0.2, 0.25) is 0 Å². The lowest BCUT2D eigenvalue weighted by molar-refractivity contribution is -0.151. The van der Waals surface area contributed by atoms with Crippen LogP contribution in [0.3, 0.4) is 0 Å². The number of ether oxygens (including phenoxy) is 1. The fraction of sp³-hybridized carbons (Fsp3) is 0.789. The second-order valence-corrected chi connectivity index (χ2v) is 6.67. The van der Waals surface area contributed by atoms with Crippen molar-refractivity contribution >= 4 is 11.9 Å². The number of unbranched alkanes of at least 4 members (excludes halogenated alkanes) is 4. The SMILES string of the molecule is C=CCCC(CCCCCCC)OC(=O)CC(C)C[C@H](N)C(=O)O. The molecule has 24 heavy (non-hydrogen) atoms. The molecule has 5 heteroatoms. The molecule has 3 atom stereocenters. The molecule has 0 aromatic carbocycles. The third-order valence-electron chi connectivity index (χ3n) is 4.11. The number of esters is 1. The summed E-state index contributed by atoms with van der Waals surface area (Å²) in [7, 11) is 0. The van der Waals surface area contributed by atoms with Crippen LogP contribution in [0.25, 0.3) is 0 Å². The quantitative estimate of drug-likeness (QED) is 0.266. The number of carbonyl (C=O) groups is 2. The van der Waals surface area contributed by atoms with Crippen LogP contribution in [0.15, 0.2) is 12.7 Å². The first kappa shape index (κ1) is 22.6. The zero-order valence-electron chi connectivity index (χ0n) is 15.3. The number of hydrogen-bond acceptors (Lipinski definition) is 4. The van der Waals surface area contributed by atoms with Gasteiger partial charge < -0.3 is 15.6 Å². The highest BCUT2D eigenvalue weighted by atomic mass is 16.5. The number of carboxylic acids is 1. The molecule has 0 bridgehead atoms. The molecular weight excluding hydrogens is 306 g/mol. The lowest BCUT2D eigenvalue weighted by Gasteiger charge is -2.19. The molecule has 0 radical (unpaired) electrons. The molecule has 0 aromatic rings. The van der Waals surface area contributed by atoms with E-state index in [0.717, 1.165) is 25.7 Å². The van der Waals surface area contributed by atoms with E-state index in [2.05, 4.69) is 13.5 Å². The summed E-state index contributed by atoms with van der Waals surface area (Å²) < 4.78 is 5.60. The fourth-order valence-corrected chi connectivity index (χ4v) is 2.68. The molecule has 0 saturated heterocycles. The highest BCUT2D eigenvalue weighted by Gasteiger charge is 2.20. The second kappa shape index (κ2) is 14.0. The van der Waals surface area contributed by atoms with Gasteiger partial charge in [-0.2, -0.15) is 0 Å². The van der Waals surface area contributed by atoms with E-state index in [-0.39, 0.29) is 30.8 Å². The molecule has 0 aliphatic rings. The Balaban J connectivity index is 4.21. The van der Waals surface area contributed by atoms with Gasteiger partial charge in [0.05, 0.1) is 0 Å². The molecule has 0 amide bonds. The number of allylic oxidation sites excluding steroid dienone is 1. The maximum absolute atomic E-state index is 12.1. The van der Waals surface area contributed by atoms with Crippen molar-refractivity contribution in [2.75, 3.05) is 0 Å². The van der Waals surface area contributed by atoms with Gasteiger partial charge >= 0.3 is 11.9 Å². The predicted octanol–water partition coefficient (Wildman–Crippen LogP) is 4.05. The molecule has 0 heterocycles. The van der Waals surface area contributed by atoms with Crippen molar-refractivity contribution in [3.8, 4) is 0 Å². The third-order valence-corrected chi connectivity index (χ3v) is 4.11. The fourth-order valence-electron chi connectivity index (χ4n) is 2.68. The van der Waals surface area contributed by atoms with Crippen LogP contribution in [0.4, 0.5) is 0 Å². The van der Waals surface area contributed by atoms with E-state index < -0.39 is 12.0 Å². The van der Waals surface area contributed by atoms with Crippen LogP contribution in [-0.2, 0) is 14.3 Å². The Morgan fingerprint density at radius 1 is 1.21 bits per heavy atom. The average Bonchev–Trinajstić information content (AvgIpc) is 2.51. The van der Waals surface area contributed by atoms with Gasteiger partial charge in [-0.3, -0.25) is 9.59 Å².